The maximum atomic E-state index is 4.35. The minimum atomic E-state index is 0.204. The first-order valence-corrected chi connectivity index (χ1v) is 7.33. The molecule has 1 N–H and O–H groups in total. The van der Waals surface area contributed by atoms with Crippen molar-refractivity contribution in [3.8, 4) is 0 Å². The van der Waals surface area contributed by atoms with Gasteiger partial charge in [0.2, 0.25) is 0 Å². The SMILES string of the molecule is CNC(c1cnn(C)c1)C1(N(C)C)CCCC(C)C1. The molecule has 0 spiro atoms. The molecule has 0 aliphatic heterocycles. The summed E-state index contributed by atoms with van der Waals surface area (Å²) >= 11 is 0. The fourth-order valence-corrected chi connectivity index (χ4v) is 3.83. The third kappa shape index (κ3) is 2.70. The number of aromatic nitrogens is 2. The fourth-order valence-electron chi connectivity index (χ4n) is 3.83. The van der Waals surface area contributed by atoms with Gasteiger partial charge >= 0.3 is 0 Å². The van der Waals surface area contributed by atoms with E-state index in [9.17, 15) is 0 Å². The van der Waals surface area contributed by atoms with E-state index in [1.165, 1.54) is 31.2 Å². The van der Waals surface area contributed by atoms with E-state index in [0.717, 1.165) is 5.92 Å². The van der Waals surface area contributed by atoms with E-state index in [0.29, 0.717) is 6.04 Å². The third-order valence-electron chi connectivity index (χ3n) is 4.78. The summed E-state index contributed by atoms with van der Waals surface area (Å²) in [6.07, 6.45) is 9.33. The van der Waals surface area contributed by atoms with Gasteiger partial charge in [0.05, 0.1) is 12.2 Å². The van der Waals surface area contributed by atoms with Gasteiger partial charge in [-0.1, -0.05) is 19.8 Å². The van der Waals surface area contributed by atoms with E-state index in [2.05, 4.69) is 49.6 Å². The molecular weight excluding hydrogens is 236 g/mol. The Labute approximate surface area is 117 Å². The van der Waals surface area contributed by atoms with Crippen molar-refractivity contribution in [1.82, 2.24) is 20.0 Å². The number of nitrogens with zero attached hydrogens (tertiary/aromatic N) is 3. The van der Waals surface area contributed by atoms with Crippen LogP contribution < -0.4 is 5.32 Å². The van der Waals surface area contributed by atoms with E-state index in [1.54, 1.807) is 0 Å². The Bertz CT molecular complexity index is 412. The molecule has 0 aromatic carbocycles. The first-order chi connectivity index (χ1) is 8.99. The van der Waals surface area contributed by atoms with Gasteiger partial charge in [-0.05, 0) is 39.9 Å². The molecule has 4 heteroatoms. The molecule has 0 amide bonds. The van der Waals surface area contributed by atoms with Gasteiger partial charge in [-0.3, -0.25) is 4.68 Å². The highest BCUT2D eigenvalue weighted by molar-refractivity contribution is 5.18. The van der Waals surface area contributed by atoms with E-state index in [1.807, 2.05) is 17.9 Å². The second-order valence-electron chi connectivity index (χ2n) is 6.37. The van der Waals surface area contributed by atoms with Gasteiger partial charge in [-0.15, -0.1) is 0 Å². The minimum absolute atomic E-state index is 0.204. The molecule has 1 aliphatic rings. The Balaban J connectivity index is 2.35. The summed E-state index contributed by atoms with van der Waals surface area (Å²) in [5.74, 6) is 0.795. The van der Waals surface area contributed by atoms with Crippen molar-refractivity contribution in [2.24, 2.45) is 13.0 Å². The van der Waals surface area contributed by atoms with Gasteiger partial charge in [0, 0.05) is 24.3 Å². The van der Waals surface area contributed by atoms with Crippen LogP contribution in [0.1, 0.15) is 44.2 Å². The van der Waals surface area contributed by atoms with Crippen LogP contribution in [0.2, 0.25) is 0 Å². The molecule has 19 heavy (non-hydrogen) atoms. The van der Waals surface area contributed by atoms with E-state index < -0.39 is 0 Å². The molecular formula is C15H28N4. The number of hydrogen-bond acceptors (Lipinski definition) is 3. The van der Waals surface area contributed by atoms with Crippen LogP contribution in [-0.2, 0) is 7.05 Å². The summed E-state index contributed by atoms with van der Waals surface area (Å²) in [6.45, 7) is 2.38. The van der Waals surface area contributed by atoms with Crippen LogP contribution in [0.4, 0.5) is 0 Å². The van der Waals surface area contributed by atoms with Crippen molar-refractivity contribution in [1.29, 1.82) is 0 Å². The largest absolute Gasteiger partial charge is 0.311 e. The second kappa shape index (κ2) is 5.63. The molecule has 1 aromatic heterocycles. The molecule has 4 nitrogen and oxygen atoms in total. The monoisotopic (exact) mass is 264 g/mol. The smallest absolute Gasteiger partial charge is 0.0538 e. The van der Waals surface area contributed by atoms with Crippen molar-refractivity contribution in [3.05, 3.63) is 18.0 Å². The van der Waals surface area contributed by atoms with Crippen LogP contribution in [0.3, 0.4) is 0 Å². The summed E-state index contributed by atoms with van der Waals surface area (Å²) in [4.78, 5) is 2.43. The highest BCUT2D eigenvalue weighted by Crippen LogP contribution is 2.43. The average Bonchev–Trinajstić information content (AvgIpc) is 2.76. The molecule has 108 valence electrons. The van der Waals surface area contributed by atoms with Crippen LogP contribution >= 0.6 is 0 Å². The lowest BCUT2D eigenvalue weighted by Gasteiger charge is -2.50. The number of likely N-dealkylation sites (N-methyl/N-ethyl adjacent to an activating group) is 2. The molecule has 1 fully saturated rings. The Morgan fingerprint density at radius 3 is 2.74 bits per heavy atom. The van der Waals surface area contributed by atoms with Crippen LogP contribution in [0, 0.1) is 5.92 Å². The lowest BCUT2D eigenvalue weighted by atomic mass is 9.70. The Kier molecular flexibility index (Phi) is 4.31. The molecule has 3 unspecified atom stereocenters. The maximum Gasteiger partial charge on any atom is 0.0538 e. The van der Waals surface area contributed by atoms with Crippen LogP contribution in [0.5, 0.6) is 0 Å². The molecule has 2 rings (SSSR count). The number of nitrogens with one attached hydrogen (secondary N) is 1. The van der Waals surface area contributed by atoms with Gasteiger partial charge in [0.1, 0.15) is 0 Å². The second-order valence-corrected chi connectivity index (χ2v) is 6.37. The highest BCUT2D eigenvalue weighted by atomic mass is 15.2. The molecule has 0 radical (unpaired) electrons. The normalized spacial score (nSPS) is 29.7. The van der Waals surface area contributed by atoms with Gasteiger partial charge in [-0.25, -0.2) is 0 Å². The number of hydrogen-bond donors (Lipinski definition) is 1. The summed E-state index contributed by atoms with van der Waals surface area (Å²) in [5, 5.41) is 7.90. The van der Waals surface area contributed by atoms with E-state index >= 15 is 0 Å². The summed E-state index contributed by atoms with van der Waals surface area (Å²) < 4.78 is 1.90. The Morgan fingerprint density at radius 2 is 2.26 bits per heavy atom. The first-order valence-electron chi connectivity index (χ1n) is 7.33. The van der Waals surface area contributed by atoms with Crippen LogP contribution in [0.25, 0.3) is 0 Å². The van der Waals surface area contributed by atoms with Crippen LogP contribution in [0.15, 0.2) is 12.4 Å². The molecule has 3 atom stereocenters. The van der Waals surface area contributed by atoms with Gasteiger partial charge in [0.25, 0.3) is 0 Å². The molecule has 1 aliphatic carbocycles. The van der Waals surface area contributed by atoms with Crippen LogP contribution in [-0.4, -0.2) is 41.4 Å². The number of aryl methyl sites for hydroxylation is 1. The quantitative estimate of drug-likeness (QED) is 0.905. The first kappa shape index (κ1) is 14.5. The number of rotatable bonds is 4. The molecule has 1 heterocycles. The fraction of sp³-hybridized carbons (Fsp3) is 0.800. The predicted octanol–water partition coefficient (Wildman–Crippen LogP) is 2.19. The van der Waals surface area contributed by atoms with Crippen molar-refractivity contribution >= 4 is 0 Å². The zero-order valence-electron chi connectivity index (χ0n) is 13.0. The molecule has 0 saturated heterocycles. The van der Waals surface area contributed by atoms with Gasteiger partial charge < -0.3 is 10.2 Å². The van der Waals surface area contributed by atoms with Gasteiger partial charge in [-0.2, -0.15) is 5.10 Å². The van der Waals surface area contributed by atoms with Crippen molar-refractivity contribution < 1.29 is 0 Å². The highest BCUT2D eigenvalue weighted by Gasteiger charge is 2.44. The average molecular weight is 264 g/mol. The molecule has 1 aromatic rings. The van der Waals surface area contributed by atoms with Gasteiger partial charge in [0.15, 0.2) is 0 Å². The van der Waals surface area contributed by atoms with E-state index in [-0.39, 0.29) is 5.54 Å². The maximum absolute atomic E-state index is 4.35. The van der Waals surface area contributed by atoms with Crippen molar-refractivity contribution in [2.75, 3.05) is 21.1 Å². The summed E-state index contributed by atoms with van der Waals surface area (Å²) in [5.41, 5.74) is 1.50. The summed E-state index contributed by atoms with van der Waals surface area (Å²) in [7, 11) is 8.50. The lowest BCUT2D eigenvalue weighted by molar-refractivity contribution is 0.0393. The summed E-state index contributed by atoms with van der Waals surface area (Å²) in [6, 6.07) is 0.346. The Hall–Kier alpha value is -0.870. The molecule has 0 bridgehead atoms. The third-order valence-corrected chi connectivity index (χ3v) is 4.78. The lowest BCUT2D eigenvalue weighted by Crippen LogP contribution is -2.55. The molecule has 1 saturated carbocycles. The van der Waals surface area contributed by atoms with Crippen molar-refractivity contribution in [3.63, 3.8) is 0 Å². The predicted molar refractivity (Wildman–Crippen MR) is 79.1 cm³/mol. The zero-order chi connectivity index (χ0) is 14.0. The Morgan fingerprint density at radius 1 is 1.53 bits per heavy atom. The topological polar surface area (TPSA) is 33.1 Å². The van der Waals surface area contributed by atoms with Crippen molar-refractivity contribution in [2.45, 2.75) is 44.2 Å². The zero-order valence-corrected chi connectivity index (χ0v) is 13.0. The standard InChI is InChI=1S/C15H28N4/c1-12-7-6-8-15(9-12,18(3)4)14(16-2)13-10-17-19(5)11-13/h10-12,14,16H,6-9H2,1-5H3. The van der Waals surface area contributed by atoms with E-state index in [4.69, 9.17) is 0 Å². The minimum Gasteiger partial charge on any atom is -0.311 e.